The summed E-state index contributed by atoms with van der Waals surface area (Å²) in [5.41, 5.74) is 1.17. The second kappa shape index (κ2) is 12.4. The van der Waals surface area contributed by atoms with Crippen LogP contribution in [0.3, 0.4) is 0 Å². The number of nitrogens with one attached hydrogen (secondary N) is 2. The third kappa shape index (κ3) is 7.24. The molecular weight excluding hydrogens is 459 g/mol. The van der Waals surface area contributed by atoms with Gasteiger partial charge in [0.2, 0.25) is 0 Å². The largest absolute Gasteiger partial charge is 0.490 e. The molecule has 1 aromatic heterocycles. The summed E-state index contributed by atoms with van der Waals surface area (Å²) >= 11 is 0. The first kappa shape index (κ1) is 23.0. The van der Waals surface area contributed by atoms with Gasteiger partial charge in [-0.25, -0.2) is 0 Å². The Kier molecular flexibility index (Phi) is 10.5. The maximum Gasteiger partial charge on any atom is 0.191 e. The van der Waals surface area contributed by atoms with Crippen molar-refractivity contribution in [3.8, 4) is 11.5 Å². The van der Waals surface area contributed by atoms with Crippen molar-refractivity contribution >= 4 is 29.9 Å². The Labute approximate surface area is 177 Å². The van der Waals surface area contributed by atoms with E-state index in [0.717, 1.165) is 36.2 Å². The van der Waals surface area contributed by atoms with Crippen LogP contribution in [-0.4, -0.2) is 47.5 Å². The Morgan fingerprint density at radius 3 is 2.52 bits per heavy atom. The molecule has 1 aromatic carbocycles. The van der Waals surface area contributed by atoms with Crippen molar-refractivity contribution in [2.45, 2.75) is 26.8 Å². The minimum absolute atomic E-state index is 0. The molecule has 0 aliphatic carbocycles. The average Bonchev–Trinajstić information content (AvgIpc) is 3.05. The number of guanidine groups is 1. The number of nitrogens with zero attached hydrogens (tertiary/aromatic N) is 4. The number of aliphatic imine (C=N–C) groups is 1. The molecule has 0 atom stereocenters. The maximum absolute atomic E-state index is 5.67. The number of benzene rings is 1. The van der Waals surface area contributed by atoms with Crippen LogP contribution in [0.25, 0.3) is 0 Å². The predicted molar refractivity (Wildman–Crippen MR) is 117 cm³/mol. The zero-order valence-corrected chi connectivity index (χ0v) is 18.7. The van der Waals surface area contributed by atoms with Crippen LogP contribution in [0.15, 0.2) is 29.5 Å². The molecule has 0 radical (unpaired) electrons. The van der Waals surface area contributed by atoms with E-state index in [9.17, 15) is 0 Å². The van der Waals surface area contributed by atoms with Gasteiger partial charge in [0, 0.05) is 20.6 Å². The number of aryl methyl sites for hydroxylation is 1. The first-order valence-corrected chi connectivity index (χ1v) is 8.83. The lowest BCUT2D eigenvalue weighted by Crippen LogP contribution is -2.38. The van der Waals surface area contributed by atoms with Gasteiger partial charge in [-0.15, -0.1) is 34.2 Å². The summed E-state index contributed by atoms with van der Waals surface area (Å²) in [6.07, 6.45) is 2.52. The smallest absolute Gasteiger partial charge is 0.191 e. The quantitative estimate of drug-likeness (QED) is 0.320. The van der Waals surface area contributed by atoms with E-state index in [0.29, 0.717) is 19.8 Å². The van der Waals surface area contributed by atoms with E-state index in [1.165, 1.54) is 5.56 Å². The highest BCUT2D eigenvalue weighted by Crippen LogP contribution is 2.28. The maximum atomic E-state index is 5.67. The summed E-state index contributed by atoms with van der Waals surface area (Å²) in [5.74, 6) is 3.15. The van der Waals surface area contributed by atoms with Crippen molar-refractivity contribution in [1.82, 2.24) is 25.4 Å². The van der Waals surface area contributed by atoms with Crippen LogP contribution in [-0.2, 0) is 20.0 Å². The molecule has 8 nitrogen and oxygen atoms in total. The molecule has 27 heavy (non-hydrogen) atoms. The molecule has 2 rings (SSSR count). The molecule has 150 valence electrons. The Morgan fingerprint density at radius 1 is 1.15 bits per heavy atom. The van der Waals surface area contributed by atoms with Gasteiger partial charge in [-0.3, -0.25) is 4.99 Å². The molecule has 1 heterocycles. The second-order valence-corrected chi connectivity index (χ2v) is 5.61. The number of hydrogen-bond donors (Lipinski definition) is 2. The van der Waals surface area contributed by atoms with Crippen LogP contribution in [0, 0.1) is 0 Å². The number of rotatable bonds is 9. The van der Waals surface area contributed by atoms with Crippen LogP contribution in [0.5, 0.6) is 11.5 Å². The zero-order chi connectivity index (χ0) is 18.8. The summed E-state index contributed by atoms with van der Waals surface area (Å²) in [5, 5.41) is 14.4. The minimum atomic E-state index is 0. The lowest BCUT2D eigenvalue weighted by Gasteiger charge is -2.14. The van der Waals surface area contributed by atoms with Crippen LogP contribution >= 0.6 is 24.0 Å². The molecule has 0 aliphatic rings. The first-order chi connectivity index (χ1) is 12.7. The molecule has 0 spiro atoms. The molecule has 0 aliphatic heterocycles. The van der Waals surface area contributed by atoms with Crippen molar-refractivity contribution in [1.29, 1.82) is 0 Å². The molecule has 0 saturated carbocycles. The van der Waals surface area contributed by atoms with E-state index in [1.807, 2.05) is 37.6 Å². The van der Waals surface area contributed by atoms with Gasteiger partial charge in [0.15, 0.2) is 23.3 Å². The highest BCUT2D eigenvalue weighted by Gasteiger charge is 2.07. The van der Waals surface area contributed by atoms with Crippen molar-refractivity contribution in [3.05, 3.63) is 35.9 Å². The summed E-state index contributed by atoms with van der Waals surface area (Å²) in [6.45, 7) is 6.48. The molecule has 2 aromatic rings. The minimum Gasteiger partial charge on any atom is -0.490 e. The summed E-state index contributed by atoms with van der Waals surface area (Å²) in [6, 6.07) is 6.06. The fourth-order valence-electron chi connectivity index (χ4n) is 2.43. The van der Waals surface area contributed by atoms with Gasteiger partial charge in [0.1, 0.15) is 6.33 Å². The van der Waals surface area contributed by atoms with E-state index >= 15 is 0 Å². The molecule has 0 fully saturated rings. The molecule has 0 saturated heterocycles. The SMILES string of the molecule is CCOc1ccc(CCNC(=NC)NCc2nncn2C)cc1OCC.I. The van der Waals surface area contributed by atoms with Gasteiger partial charge in [-0.2, -0.15) is 0 Å². The molecule has 9 heteroatoms. The monoisotopic (exact) mass is 488 g/mol. The molecule has 2 N–H and O–H groups in total. The topological polar surface area (TPSA) is 85.6 Å². The average molecular weight is 488 g/mol. The van der Waals surface area contributed by atoms with Crippen molar-refractivity contribution in [3.63, 3.8) is 0 Å². The van der Waals surface area contributed by atoms with Crippen molar-refractivity contribution < 1.29 is 9.47 Å². The van der Waals surface area contributed by atoms with E-state index in [4.69, 9.17) is 9.47 Å². The van der Waals surface area contributed by atoms with Crippen LogP contribution < -0.4 is 20.1 Å². The Balaban J connectivity index is 0.00000364. The van der Waals surface area contributed by atoms with Crippen molar-refractivity contribution in [2.24, 2.45) is 12.0 Å². The molecule has 0 bridgehead atoms. The number of aromatic nitrogens is 3. The standard InChI is InChI=1S/C18H28N6O2.HI/c1-5-25-15-8-7-14(11-16(15)26-6-2)9-10-20-18(19-3)21-12-17-23-22-13-24(17)4;/h7-8,11,13H,5-6,9-10,12H2,1-4H3,(H2,19,20,21);1H. The summed E-state index contributed by atoms with van der Waals surface area (Å²) < 4.78 is 13.1. The second-order valence-electron chi connectivity index (χ2n) is 5.61. The molecule has 0 amide bonds. The van der Waals surface area contributed by atoms with E-state index in [-0.39, 0.29) is 24.0 Å². The van der Waals surface area contributed by atoms with E-state index < -0.39 is 0 Å². The van der Waals surface area contributed by atoms with Crippen LogP contribution in [0.1, 0.15) is 25.2 Å². The lowest BCUT2D eigenvalue weighted by atomic mass is 10.1. The Bertz CT molecular complexity index is 720. The van der Waals surface area contributed by atoms with Gasteiger partial charge in [0.25, 0.3) is 0 Å². The van der Waals surface area contributed by atoms with Gasteiger partial charge in [0.05, 0.1) is 19.8 Å². The van der Waals surface area contributed by atoms with Gasteiger partial charge in [-0.05, 0) is 38.0 Å². The number of hydrogen-bond acceptors (Lipinski definition) is 5. The normalized spacial score (nSPS) is 10.9. The third-order valence-corrected chi connectivity index (χ3v) is 3.76. The van der Waals surface area contributed by atoms with Crippen LogP contribution in [0.4, 0.5) is 0 Å². The molecule has 0 unspecified atom stereocenters. The Morgan fingerprint density at radius 2 is 1.89 bits per heavy atom. The Hall–Kier alpha value is -2.04. The first-order valence-electron chi connectivity index (χ1n) is 8.83. The van der Waals surface area contributed by atoms with Crippen molar-refractivity contribution in [2.75, 3.05) is 26.8 Å². The fraction of sp³-hybridized carbons (Fsp3) is 0.500. The van der Waals surface area contributed by atoms with E-state index in [2.05, 4.69) is 31.9 Å². The van der Waals surface area contributed by atoms with E-state index in [1.54, 1.807) is 13.4 Å². The highest BCUT2D eigenvalue weighted by atomic mass is 127. The van der Waals surface area contributed by atoms with Gasteiger partial charge >= 0.3 is 0 Å². The fourth-order valence-corrected chi connectivity index (χ4v) is 2.43. The summed E-state index contributed by atoms with van der Waals surface area (Å²) in [7, 11) is 3.66. The summed E-state index contributed by atoms with van der Waals surface area (Å²) in [4.78, 5) is 4.23. The zero-order valence-electron chi connectivity index (χ0n) is 16.4. The van der Waals surface area contributed by atoms with Gasteiger partial charge < -0.3 is 24.7 Å². The third-order valence-electron chi connectivity index (χ3n) is 3.76. The predicted octanol–water partition coefficient (Wildman–Crippen LogP) is 2.14. The number of halogens is 1. The lowest BCUT2D eigenvalue weighted by molar-refractivity contribution is 0.287. The molecular formula is C18H29IN6O2. The highest BCUT2D eigenvalue weighted by molar-refractivity contribution is 14.0. The van der Waals surface area contributed by atoms with Crippen LogP contribution in [0.2, 0.25) is 0 Å². The number of ether oxygens (including phenoxy) is 2. The van der Waals surface area contributed by atoms with Gasteiger partial charge in [-0.1, -0.05) is 6.07 Å².